The van der Waals surface area contributed by atoms with Crippen LogP contribution in [0.3, 0.4) is 0 Å². The molecule has 1 unspecified atom stereocenters. The topological polar surface area (TPSA) is 66.0 Å². The molecule has 0 amide bonds. The highest BCUT2D eigenvalue weighted by atomic mass is 127. The van der Waals surface area contributed by atoms with Crippen molar-refractivity contribution >= 4 is 35.9 Å². The number of carbonyl (C=O) groups is 1. The Morgan fingerprint density at radius 3 is 2.36 bits per heavy atom. The average molecular weight is 504 g/mol. The number of halogens is 1. The maximum absolute atomic E-state index is 11.1. The van der Waals surface area contributed by atoms with Crippen LogP contribution in [-0.2, 0) is 9.53 Å². The quantitative estimate of drug-likeness (QED) is 0.150. The zero-order chi connectivity index (χ0) is 19.9. The van der Waals surface area contributed by atoms with Crippen LogP contribution >= 0.6 is 24.0 Å². The molecule has 6 nitrogen and oxygen atoms in total. The molecule has 0 saturated heterocycles. The van der Waals surface area contributed by atoms with Crippen LogP contribution in [0.1, 0.15) is 51.1 Å². The van der Waals surface area contributed by atoms with Crippen molar-refractivity contribution in [2.75, 3.05) is 40.3 Å². The first-order valence-electron chi connectivity index (χ1n) is 9.96. The van der Waals surface area contributed by atoms with E-state index in [2.05, 4.69) is 69.4 Å². The number of unbranched alkanes of at least 4 members (excludes halogenated alkanes) is 2. The molecular weight excluding hydrogens is 467 g/mol. The molecule has 0 fully saturated rings. The Hall–Kier alpha value is -1.35. The zero-order valence-corrected chi connectivity index (χ0v) is 20.1. The molecule has 0 heterocycles. The Balaban J connectivity index is 0.00000729. The van der Waals surface area contributed by atoms with Gasteiger partial charge < -0.3 is 15.4 Å². The van der Waals surface area contributed by atoms with Crippen molar-refractivity contribution in [3.05, 3.63) is 35.9 Å². The molecule has 160 valence electrons. The largest absolute Gasteiger partial charge is 0.469 e. The first-order valence-corrected chi connectivity index (χ1v) is 9.96. The maximum atomic E-state index is 11.1. The molecular formula is C21H37IN4O2. The molecule has 1 rings (SSSR count). The molecule has 1 atom stereocenters. The average Bonchev–Trinajstić information content (AvgIpc) is 2.72. The second kappa shape index (κ2) is 16.6. The van der Waals surface area contributed by atoms with E-state index >= 15 is 0 Å². The molecule has 2 N–H and O–H groups in total. The second-order valence-corrected chi connectivity index (χ2v) is 6.41. The molecule has 28 heavy (non-hydrogen) atoms. The van der Waals surface area contributed by atoms with E-state index in [1.807, 2.05) is 0 Å². The molecule has 0 aliphatic rings. The summed E-state index contributed by atoms with van der Waals surface area (Å²) in [5.74, 6) is 0.680. The van der Waals surface area contributed by atoms with E-state index in [1.165, 1.54) is 12.7 Å². The summed E-state index contributed by atoms with van der Waals surface area (Å²) in [5, 5.41) is 6.82. The molecule has 0 radical (unpaired) electrons. The van der Waals surface area contributed by atoms with Crippen LogP contribution in [0.5, 0.6) is 0 Å². The standard InChI is InChI=1S/C21H36N4O2.HI/c1-5-25(6-2)19(18-13-9-7-10-14-18)17-24-21(22-3)23-16-12-8-11-15-20(26)27-4;/h7,9-10,13-14,19H,5-6,8,11-12,15-17H2,1-4H3,(H2,22,23,24);1H. The first kappa shape index (κ1) is 26.6. The Bertz CT molecular complexity index is 551. The molecule has 0 aromatic heterocycles. The predicted molar refractivity (Wildman–Crippen MR) is 127 cm³/mol. The van der Waals surface area contributed by atoms with Crippen molar-refractivity contribution in [1.82, 2.24) is 15.5 Å². The van der Waals surface area contributed by atoms with E-state index in [-0.39, 0.29) is 29.9 Å². The van der Waals surface area contributed by atoms with E-state index in [0.717, 1.165) is 51.4 Å². The highest BCUT2D eigenvalue weighted by Gasteiger charge is 2.18. The number of likely N-dealkylation sites (N-methyl/N-ethyl adjacent to an activating group) is 1. The van der Waals surface area contributed by atoms with Gasteiger partial charge in [0.1, 0.15) is 0 Å². The normalized spacial score (nSPS) is 12.2. The maximum Gasteiger partial charge on any atom is 0.305 e. The van der Waals surface area contributed by atoms with Gasteiger partial charge >= 0.3 is 5.97 Å². The molecule has 1 aromatic rings. The Kier molecular flexibility index (Phi) is 15.8. The summed E-state index contributed by atoms with van der Waals surface area (Å²) in [6, 6.07) is 10.9. The number of aliphatic imine (C=N–C) groups is 1. The van der Waals surface area contributed by atoms with Crippen molar-refractivity contribution in [3.8, 4) is 0 Å². The number of benzene rings is 1. The number of nitrogens with zero attached hydrogens (tertiary/aromatic N) is 2. The third-order valence-corrected chi connectivity index (χ3v) is 4.70. The predicted octanol–water partition coefficient (Wildman–Crippen LogP) is 3.59. The summed E-state index contributed by atoms with van der Waals surface area (Å²) in [4.78, 5) is 17.9. The molecule has 0 aliphatic heterocycles. The molecule has 0 spiro atoms. The van der Waals surface area contributed by atoms with Gasteiger partial charge in [0, 0.05) is 26.6 Å². The third-order valence-electron chi connectivity index (χ3n) is 4.70. The van der Waals surface area contributed by atoms with Gasteiger partial charge in [-0.15, -0.1) is 24.0 Å². The number of methoxy groups -OCH3 is 1. The van der Waals surface area contributed by atoms with Crippen LogP contribution in [0, 0.1) is 0 Å². The minimum atomic E-state index is -0.135. The van der Waals surface area contributed by atoms with Crippen LogP contribution in [0.4, 0.5) is 0 Å². The van der Waals surface area contributed by atoms with Crippen LogP contribution in [0.15, 0.2) is 35.3 Å². The fourth-order valence-corrected chi connectivity index (χ4v) is 3.09. The molecule has 0 saturated carbocycles. The summed E-state index contributed by atoms with van der Waals surface area (Å²) < 4.78 is 4.65. The first-order chi connectivity index (χ1) is 13.2. The van der Waals surface area contributed by atoms with E-state index in [9.17, 15) is 4.79 Å². The van der Waals surface area contributed by atoms with Gasteiger partial charge in [0.05, 0.1) is 13.2 Å². The number of carbonyl (C=O) groups excluding carboxylic acids is 1. The minimum absolute atomic E-state index is 0. The lowest BCUT2D eigenvalue weighted by molar-refractivity contribution is -0.140. The van der Waals surface area contributed by atoms with Gasteiger partial charge in [-0.2, -0.15) is 0 Å². The zero-order valence-electron chi connectivity index (χ0n) is 17.7. The number of hydrogen-bond acceptors (Lipinski definition) is 4. The van der Waals surface area contributed by atoms with Crippen LogP contribution in [0.25, 0.3) is 0 Å². The number of guanidine groups is 1. The van der Waals surface area contributed by atoms with Gasteiger partial charge in [-0.25, -0.2) is 0 Å². The number of hydrogen-bond donors (Lipinski definition) is 2. The van der Waals surface area contributed by atoms with Crippen molar-refractivity contribution in [1.29, 1.82) is 0 Å². The number of nitrogens with one attached hydrogen (secondary N) is 2. The van der Waals surface area contributed by atoms with Crippen molar-refractivity contribution in [3.63, 3.8) is 0 Å². The fourth-order valence-electron chi connectivity index (χ4n) is 3.09. The second-order valence-electron chi connectivity index (χ2n) is 6.41. The van der Waals surface area contributed by atoms with Gasteiger partial charge in [0.15, 0.2) is 5.96 Å². The third kappa shape index (κ3) is 10.3. The Morgan fingerprint density at radius 1 is 1.11 bits per heavy atom. The summed E-state index contributed by atoms with van der Waals surface area (Å²) >= 11 is 0. The lowest BCUT2D eigenvalue weighted by atomic mass is 10.1. The molecule has 7 heteroatoms. The molecule has 0 bridgehead atoms. The van der Waals surface area contributed by atoms with Gasteiger partial charge in [0.25, 0.3) is 0 Å². The van der Waals surface area contributed by atoms with Crippen LogP contribution in [-0.4, -0.2) is 57.2 Å². The summed E-state index contributed by atoms with van der Waals surface area (Å²) in [5.41, 5.74) is 1.31. The van der Waals surface area contributed by atoms with Crippen molar-refractivity contribution in [2.24, 2.45) is 4.99 Å². The Labute approximate surface area is 187 Å². The lowest BCUT2D eigenvalue weighted by Crippen LogP contribution is -2.43. The summed E-state index contributed by atoms with van der Waals surface area (Å²) in [6.45, 7) is 8.03. The van der Waals surface area contributed by atoms with Crippen LogP contribution in [0.2, 0.25) is 0 Å². The fraction of sp³-hybridized carbons (Fsp3) is 0.619. The van der Waals surface area contributed by atoms with Gasteiger partial charge in [-0.1, -0.05) is 50.6 Å². The van der Waals surface area contributed by atoms with E-state index < -0.39 is 0 Å². The SMILES string of the molecule is CCN(CC)C(CNC(=NC)NCCCCCC(=O)OC)c1ccccc1.I. The number of ether oxygens (including phenoxy) is 1. The summed E-state index contributed by atoms with van der Waals surface area (Å²) in [7, 11) is 3.22. The van der Waals surface area contributed by atoms with Gasteiger partial charge in [0.2, 0.25) is 0 Å². The minimum Gasteiger partial charge on any atom is -0.469 e. The highest BCUT2D eigenvalue weighted by Crippen LogP contribution is 2.19. The monoisotopic (exact) mass is 504 g/mol. The van der Waals surface area contributed by atoms with Gasteiger partial charge in [-0.3, -0.25) is 14.7 Å². The van der Waals surface area contributed by atoms with Gasteiger partial charge in [-0.05, 0) is 31.5 Å². The van der Waals surface area contributed by atoms with Crippen LogP contribution < -0.4 is 10.6 Å². The highest BCUT2D eigenvalue weighted by molar-refractivity contribution is 14.0. The van der Waals surface area contributed by atoms with Crippen molar-refractivity contribution in [2.45, 2.75) is 45.6 Å². The Morgan fingerprint density at radius 2 is 1.79 bits per heavy atom. The van der Waals surface area contributed by atoms with Crippen molar-refractivity contribution < 1.29 is 9.53 Å². The smallest absolute Gasteiger partial charge is 0.305 e. The lowest BCUT2D eigenvalue weighted by Gasteiger charge is -2.30. The number of esters is 1. The number of rotatable bonds is 12. The summed E-state index contributed by atoms with van der Waals surface area (Å²) in [6.07, 6.45) is 3.34. The van der Waals surface area contributed by atoms with E-state index in [4.69, 9.17) is 0 Å². The van der Waals surface area contributed by atoms with E-state index in [1.54, 1.807) is 7.05 Å². The molecule has 1 aromatic carbocycles. The molecule has 0 aliphatic carbocycles. The van der Waals surface area contributed by atoms with E-state index in [0.29, 0.717) is 12.5 Å².